The molecular weight excluding hydrogens is 322 g/mol. The first-order valence-corrected chi connectivity index (χ1v) is 6.75. The fourth-order valence-electron chi connectivity index (χ4n) is 2.47. The number of nitrogens with one attached hydrogen (secondary N) is 1. The molecule has 2 unspecified atom stereocenters. The lowest BCUT2D eigenvalue weighted by molar-refractivity contribution is -0.142. The minimum absolute atomic E-state index is 0.167. The Morgan fingerprint density at radius 1 is 1.17 bits per heavy atom. The number of methoxy groups -OCH3 is 1. The number of carbonyl (C=O) groups is 1. The zero-order valence-corrected chi connectivity index (χ0v) is 12.1. The molecule has 2 atom stereocenters. The molecule has 0 bridgehead atoms. The van der Waals surface area contributed by atoms with E-state index in [9.17, 15) is 22.4 Å². The fraction of sp³-hybridized carbons (Fsp3) is 0.500. The van der Waals surface area contributed by atoms with Crippen molar-refractivity contribution in [2.24, 2.45) is 0 Å². The van der Waals surface area contributed by atoms with Crippen LogP contribution in [0.1, 0.15) is 17.9 Å². The van der Waals surface area contributed by atoms with Crippen molar-refractivity contribution in [3.05, 3.63) is 23.8 Å². The highest BCUT2D eigenvalue weighted by molar-refractivity contribution is 5.76. The maximum Gasteiger partial charge on any atom is 0.387 e. The first-order valence-electron chi connectivity index (χ1n) is 6.75. The van der Waals surface area contributed by atoms with Crippen LogP contribution in [0, 0.1) is 0 Å². The van der Waals surface area contributed by atoms with Gasteiger partial charge in [-0.05, 0) is 30.0 Å². The van der Waals surface area contributed by atoms with Crippen molar-refractivity contribution in [2.45, 2.75) is 31.6 Å². The molecule has 5 nitrogen and oxygen atoms in total. The Morgan fingerprint density at radius 2 is 1.83 bits per heavy atom. The van der Waals surface area contributed by atoms with Crippen LogP contribution in [0.25, 0.3) is 0 Å². The molecule has 1 heterocycles. The monoisotopic (exact) mass is 337 g/mol. The Hall–Kier alpha value is -2.03. The Bertz CT molecular complexity index is 556. The lowest BCUT2D eigenvalue weighted by atomic mass is 9.96. The molecule has 1 aliphatic rings. The summed E-state index contributed by atoms with van der Waals surface area (Å²) in [6.45, 7) is -5.91. The Balaban J connectivity index is 2.18. The zero-order valence-electron chi connectivity index (χ0n) is 12.1. The van der Waals surface area contributed by atoms with Gasteiger partial charge in [-0.1, -0.05) is 6.07 Å². The molecule has 9 heteroatoms. The lowest BCUT2D eigenvalue weighted by Crippen LogP contribution is -2.31. The summed E-state index contributed by atoms with van der Waals surface area (Å²) < 4.78 is 62.5. The molecular formula is C14H15F4NO4. The van der Waals surface area contributed by atoms with Crippen LogP contribution in [0.3, 0.4) is 0 Å². The molecule has 0 radical (unpaired) electrons. The van der Waals surface area contributed by atoms with Gasteiger partial charge in [0, 0.05) is 6.54 Å². The number of halogens is 4. The van der Waals surface area contributed by atoms with Gasteiger partial charge in [0.2, 0.25) is 0 Å². The first-order chi connectivity index (χ1) is 10.9. The molecule has 128 valence electrons. The van der Waals surface area contributed by atoms with Gasteiger partial charge in [-0.25, -0.2) is 0 Å². The first kappa shape index (κ1) is 17.3. The zero-order chi connectivity index (χ0) is 17.0. The average Bonchev–Trinajstić information content (AvgIpc) is 2.97. The predicted octanol–water partition coefficient (Wildman–Crippen LogP) is 2.51. The van der Waals surface area contributed by atoms with E-state index in [-0.39, 0.29) is 5.92 Å². The van der Waals surface area contributed by atoms with Crippen LogP contribution < -0.4 is 14.8 Å². The van der Waals surface area contributed by atoms with E-state index < -0.39 is 36.7 Å². The molecule has 1 aromatic carbocycles. The summed E-state index contributed by atoms with van der Waals surface area (Å²) in [6.07, 6.45) is 0.399. The second-order valence-corrected chi connectivity index (χ2v) is 4.88. The van der Waals surface area contributed by atoms with Crippen LogP contribution in [-0.2, 0) is 9.53 Å². The minimum atomic E-state index is -3.17. The molecule has 2 rings (SSSR count). The van der Waals surface area contributed by atoms with Gasteiger partial charge in [0.1, 0.15) is 6.04 Å². The minimum Gasteiger partial charge on any atom is -0.468 e. The molecule has 1 aliphatic heterocycles. The summed E-state index contributed by atoms with van der Waals surface area (Å²) in [6, 6.07) is 3.34. The van der Waals surface area contributed by atoms with Crippen LogP contribution in [0.2, 0.25) is 0 Å². The van der Waals surface area contributed by atoms with Crippen molar-refractivity contribution in [1.29, 1.82) is 0 Å². The SMILES string of the molecule is COC(=O)C1CC(c2ccc(OC(F)F)c(OC(F)F)c2)CN1. The van der Waals surface area contributed by atoms with Gasteiger partial charge in [-0.15, -0.1) is 0 Å². The van der Waals surface area contributed by atoms with Crippen molar-refractivity contribution < 1.29 is 36.6 Å². The quantitative estimate of drug-likeness (QED) is 0.638. The molecule has 1 aromatic rings. The number of esters is 1. The summed E-state index contributed by atoms with van der Waals surface area (Å²) in [5, 5.41) is 2.95. The van der Waals surface area contributed by atoms with E-state index in [1.54, 1.807) is 0 Å². The number of hydrogen-bond acceptors (Lipinski definition) is 5. The summed E-state index contributed by atoms with van der Waals surface area (Å²) in [7, 11) is 1.27. The molecule has 0 aromatic heterocycles. The maximum absolute atomic E-state index is 12.4. The van der Waals surface area contributed by atoms with Gasteiger partial charge in [-0.3, -0.25) is 4.79 Å². The third-order valence-corrected chi connectivity index (χ3v) is 3.49. The van der Waals surface area contributed by atoms with Gasteiger partial charge in [0.05, 0.1) is 7.11 Å². The molecule has 1 saturated heterocycles. The summed E-state index contributed by atoms with van der Waals surface area (Å²) in [5.74, 6) is -1.53. The molecule has 23 heavy (non-hydrogen) atoms. The normalized spacial score (nSPS) is 20.8. The van der Waals surface area contributed by atoms with E-state index in [4.69, 9.17) is 0 Å². The largest absolute Gasteiger partial charge is 0.468 e. The van der Waals surface area contributed by atoms with E-state index in [1.807, 2.05) is 0 Å². The molecule has 0 aliphatic carbocycles. The Kier molecular flexibility index (Phi) is 5.64. The molecule has 1 N–H and O–H groups in total. The van der Waals surface area contributed by atoms with Gasteiger partial charge < -0.3 is 19.5 Å². The topological polar surface area (TPSA) is 56.8 Å². The van der Waals surface area contributed by atoms with Crippen molar-refractivity contribution in [3.8, 4) is 11.5 Å². The summed E-state index contributed by atoms with van der Waals surface area (Å²) in [5.41, 5.74) is 0.571. The molecule has 1 fully saturated rings. The molecule has 0 amide bonds. The highest BCUT2D eigenvalue weighted by Crippen LogP contribution is 2.35. The van der Waals surface area contributed by atoms with Crippen molar-refractivity contribution in [1.82, 2.24) is 5.32 Å². The number of alkyl halides is 4. The summed E-state index contributed by atoms with van der Waals surface area (Å²) in [4.78, 5) is 11.5. The smallest absolute Gasteiger partial charge is 0.387 e. The number of ether oxygens (including phenoxy) is 3. The number of carbonyl (C=O) groups excluding carboxylic acids is 1. The Morgan fingerprint density at radius 3 is 2.43 bits per heavy atom. The Labute approximate surface area is 129 Å². The van der Waals surface area contributed by atoms with E-state index in [2.05, 4.69) is 19.5 Å². The van der Waals surface area contributed by atoms with Crippen LogP contribution in [0.5, 0.6) is 11.5 Å². The number of rotatable bonds is 6. The lowest BCUT2D eigenvalue weighted by Gasteiger charge is -2.15. The third-order valence-electron chi connectivity index (χ3n) is 3.49. The van der Waals surface area contributed by atoms with Crippen LogP contribution in [0.15, 0.2) is 18.2 Å². The number of benzene rings is 1. The fourth-order valence-corrected chi connectivity index (χ4v) is 2.47. The van der Waals surface area contributed by atoms with Crippen molar-refractivity contribution in [3.63, 3.8) is 0 Å². The highest BCUT2D eigenvalue weighted by Gasteiger charge is 2.31. The van der Waals surface area contributed by atoms with E-state index in [1.165, 1.54) is 19.2 Å². The van der Waals surface area contributed by atoms with Gasteiger partial charge >= 0.3 is 19.2 Å². The second kappa shape index (κ2) is 7.49. The molecule has 0 spiro atoms. The number of hydrogen-bond donors (Lipinski definition) is 1. The van der Waals surface area contributed by atoms with E-state index in [0.717, 1.165) is 6.07 Å². The standard InChI is InChI=1S/C14H15F4NO4/c1-21-12(20)9-4-8(6-19-9)7-2-3-10(22-13(15)16)11(5-7)23-14(17)18/h2-3,5,8-9,13-14,19H,4,6H2,1H3. The van der Waals surface area contributed by atoms with Crippen LogP contribution in [-0.4, -0.2) is 38.9 Å². The van der Waals surface area contributed by atoms with Crippen LogP contribution >= 0.6 is 0 Å². The maximum atomic E-state index is 12.4. The van der Waals surface area contributed by atoms with Crippen molar-refractivity contribution >= 4 is 5.97 Å². The second-order valence-electron chi connectivity index (χ2n) is 4.88. The average molecular weight is 337 g/mol. The van der Waals surface area contributed by atoms with Crippen LogP contribution in [0.4, 0.5) is 17.6 Å². The van der Waals surface area contributed by atoms with E-state index >= 15 is 0 Å². The predicted molar refractivity (Wildman–Crippen MR) is 70.9 cm³/mol. The van der Waals surface area contributed by atoms with Gasteiger partial charge in [0.15, 0.2) is 11.5 Å². The van der Waals surface area contributed by atoms with Gasteiger partial charge in [0.25, 0.3) is 0 Å². The highest BCUT2D eigenvalue weighted by atomic mass is 19.3. The van der Waals surface area contributed by atoms with Crippen molar-refractivity contribution in [2.75, 3.05) is 13.7 Å². The van der Waals surface area contributed by atoms with E-state index in [0.29, 0.717) is 18.5 Å². The van der Waals surface area contributed by atoms with Gasteiger partial charge in [-0.2, -0.15) is 17.6 Å². The third kappa shape index (κ3) is 4.47. The molecule has 0 saturated carbocycles. The summed E-state index contributed by atoms with van der Waals surface area (Å²) >= 11 is 0.